The van der Waals surface area contributed by atoms with Crippen molar-refractivity contribution < 1.29 is 13.5 Å². The molecule has 0 aliphatic carbocycles. The normalized spacial score (nSPS) is 20.9. The summed E-state index contributed by atoms with van der Waals surface area (Å²) in [7, 11) is -3.64. The molecule has 1 unspecified atom stereocenters. The van der Waals surface area contributed by atoms with E-state index in [9.17, 15) is 8.42 Å². The van der Waals surface area contributed by atoms with Crippen LogP contribution in [0.5, 0.6) is 0 Å². The van der Waals surface area contributed by atoms with Crippen LogP contribution in [0.2, 0.25) is 0 Å². The number of nitrogens with zero attached hydrogens (tertiary/aromatic N) is 3. The molecule has 0 spiro atoms. The third-order valence-electron chi connectivity index (χ3n) is 3.61. The topological polar surface area (TPSA) is 101 Å². The van der Waals surface area contributed by atoms with Crippen molar-refractivity contribution in [3.8, 4) is 0 Å². The number of nitrogen functional groups attached to an aromatic ring is 1. The minimum atomic E-state index is -3.64. The molecule has 1 aliphatic heterocycles. The largest absolute Gasteiger partial charge is 0.396 e. The summed E-state index contributed by atoms with van der Waals surface area (Å²) in [5.74, 6) is 0.254. The van der Waals surface area contributed by atoms with Gasteiger partial charge in [-0.15, -0.1) is 11.3 Å². The zero-order valence-corrected chi connectivity index (χ0v) is 12.4. The van der Waals surface area contributed by atoms with Crippen LogP contribution >= 0.6 is 11.3 Å². The maximum absolute atomic E-state index is 12.7. The number of aromatic nitrogens is 2. The molecule has 0 aromatic carbocycles. The summed E-state index contributed by atoms with van der Waals surface area (Å²) >= 11 is 1.35. The Morgan fingerprint density at radius 3 is 3.10 bits per heavy atom. The quantitative estimate of drug-likeness (QED) is 0.849. The highest BCUT2D eigenvalue weighted by Gasteiger charge is 2.36. The number of thiazole rings is 1. The maximum Gasteiger partial charge on any atom is 0.262 e. The highest BCUT2D eigenvalue weighted by atomic mass is 32.2. The Kier molecular flexibility index (Phi) is 3.44. The zero-order valence-electron chi connectivity index (χ0n) is 10.8. The Bertz CT molecular complexity index is 721. The molecule has 110 valence electrons. The lowest BCUT2D eigenvalue weighted by molar-refractivity contribution is 0.259. The molecule has 0 saturated carbocycles. The molecule has 20 heavy (non-hydrogen) atoms. The molecule has 9 heteroatoms. The summed E-state index contributed by atoms with van der Waals surface area (Å²) in [4.78, 5) is 4.66. The Morgan fingerprint density at radius 2 is 2.35 bits per heavy atom. The van der Waals surface area contributed by atoms with E-state index < -0.39 is 10.0 Å². The van der Waals surface area contributed by atoms with Crippen molar-refractivity contribution in [1.82, 2.24) is 13.7 Å². The van der Waals surface area contributed by atoms with Crippen LogP contribution in [-0.2, 0) is 10.0 Å². The van der Waals surface area contributed by atoms with Gasteiger partial charge in [0, 0.05) is 31.3 Å². The number of imidazole rings is 1. The van der Waals surface area contributed by atoms with Crippen LogP contribution in [0.1, 0.15) is 12.8 Å². The lowest BCUT2D eigenvalue weighted by atomic mass is 10.1. The summed E-state index contributed by atoms with van der Waals surface area (Å²) in [6.45, 7) is 0.978. The monoisotopic (exact) mass is 316 g/mol. The fraction of sp³-hybridized carbons (Fsp3) is 0.545. The van der Waals surface area contributed by atoms with Crippen LogP contribution < -0.4 is 5.73 Å². The highest BCUT2D eigenvalue weighted by Crippen LogP contribution is 2.30. The molecule has 0 amide bonds. The summed E-state index contributed by atoms with van der Waals surface area (Å²) in [5, 5.41) is 10.8. The number of hydrogen-bond acceptors (Lipinski definition) is 6. The molecule has 1 fully saturated rings. The molecule has 0 bridgehead atoms. The molecule has 3 N–H and O–H groups in total. The summed E-state index contributed by atoms with van der Waals surface area (Å²) in [6.07, 6.45) is 3.06. The highest BCUT2D eigenvalue weighted by molar-refractivity contribution is 7.89. The number of aliphatic hydroxyl groups is 1. The number of anilines is 1. The molecule has 3 heterocycles. The van der Waals surface area contributed by atoms with Gasteiger partial charge in [0.2, 0.25) is 0 Å². The number of fused-ring (bicyclic) bond motifs is 1. The average Bonchev–Trinajstić information content (AvgIpc) is 3.04. The first-order chi connectivity index (χ1) is 9.54. The van der Waals surface area contributed by atoms with E-state index >= 15 is 0 Å². The predicted octanol–water partition coefficient (Wildman–Crippen LogP) is 0.371. The van der Waals surface area contributed by atoms with Crippen molar-refractivity contribution in [3.05, 3.63) is 11.6 Å². The van der Waals surface area contributed by atoms with Gasteiger partial charge in [-0.05, 0) is 18.8 Å². The van der Waals surface area contributed by atoms with Crippen LogP contribution in [-0.4, -0.2) is 46.9 Å². The van der Waals surface area contributed by atoms with Crippen LogP contribution in [0.3, 0.4) is 0 Å². The number of rotatable bonds is 4. The van der Waals surface area contributed by atoms with Gasteiger partial charge >= 0.3 is 0 Å². The van der Waals surface area contributed by atoms with Gasteiger partial charge < -0.3 is 10.8 Å². The molecule has 3 rings (SSSR count). The van der Waals surface area contributed by atoms with Gasteiger partial charge in [-0.2, -0.15) is 4.31 Å². The Hall–Kier alpha value is -1.16. The van der Waals surface area contributed by atoms with Gasteiger partial charge in [0.1, 0.15) is 0 Å². The number of hydrogen-bond donors (Lipinski definition) is 2. The maximum atomic E-state index is 12.7. The second-order valence-electron chi connectivity index (χ2n) is 4.89. The van der Waals surface area contributed by atoms with Gasteiger partial charge in [0.15, 0.2) is 15.8 Å². The van der Waals surface area contributed by atoms with Gasteiger partial charge in [-0.25, -0.2) is 13.4 Å². The van der Waals surface area contributed by atoms with E-state index in [0.717, 1.165) is 6.42 Å². The Morgan fingerprint density at radius 1 is 1.55 bits per heavy atom. The minimum absolute atomic E-state index is 0.0439. The smallest absolute Gasteiger partial charge is 0.262 e. The van der Waals surface area contributed by atoms with E-state index in [2.05, 4.69) is 4.98 Å². The number of sulfonamides is 1. The van der Waals surface area contributed by atoms with Crippen molar-refractivity contribution in [3.63, 3.8) is 0 Å². The zero-order chi connectivity index (χ0) is 14.3. The molecule has 1 atom stereocenters. The van der Waals surface area contributed by atoms with E-state index in [1.54, 1.807) is 11.6 Å². The van der Waals surface area contributed by atoms with Crippen LogP contribution in [0.25, 0.3) is 4.96 Å². The van der Waals surface area contributed by atoms with E-state index in [4.69, 9.17) is 10.8 Å². The van der Waals surface area contributed by atoms with Gasteiger partial charge in [0.05, 0.1) is 0 Å². The van der Waals surface area contributed by atoms with Gasteiger partial charge in [0.25, 0.3) is 10.0 Å². The SMILES string of the molecule is Nc1nc2sccn2c1S(=O)(=O)N1CCC(CCO)C1. The molecular weight excluding hydrogens is 300 g/mol. The first-order valence-corrected chi connectivity index (χ1v) is 8.68. The van der Waals surface area contributed by atoms with E-state index in [1.807, 2.05) is 0 Å². The lowest BCUT2D eigenvalue weighted by Gasteiger charge is -2.16. The average molecular weight is 316 g/mol. The summed E-state index contributed by atoms with van der Waals surface area (Å²) in [6, 6.07) is 0. The molecule has 7 nitrogen and oxygen atoms in total. The summed E-state index contributed by atoms with van der Waals surface area (Å²) < 4.78 is 28.4. The molecule has 2 aromatic rings. The van der Waals surface area contributed by atoms with Crippen molar-refractivity contribution >= 4 is 32.1 Å². The third-order valence-corrected chi connectivity index (χ3v) is 6.28. The first-order valence-electron chi connectivity index (χ1n) is 6.36. The fourth-order valence-corrected chi connectivity index (χ4v) is 5.08. The van der Waals surface area contributed by atoms with Crippen LogP contribution in [0, 0.1) is 5.92 Å². The van der Waals surface area contributed by atoms with Crippen molar-refractivity contribution in [2.75, 3.05) is 25.4 Å². The van der Waals surface area contributed by atoms with Crippen LogP contribution in [0.4, 0.5) is 5.82 Å². The van der Waals surface area contributed by atoms with E-state index in [0.29, 0.717) is 24.5 Å². The minimum Gasteiger partial charge on any atom is -0.396 e. The lowest BCUT2D eigenvalue weighted by Crippen LogP contribution is -2.30. The van der Waals surface area contributed by atoms with E-state index in [1.165, 1.54) is 20.0 Å². The standard InChI is InChI=1S/C11H16N4O3S2/c12-9-10(15-4-6-19-11(15)13-9)20(17,18)14-3-1-8(7-14)2-5-16/h4,6,8,16H,1-3,5,7,12H2. The first kappa shape index (κ1) is 13.8. The number of aliphatic hydroxyl groups excluding tert-OH is 1. The van der Waals surface area contributed by atoms with Crippen molar-refractivity contribution in [2.45, 2.75) is 17.9 Å². The molecule has 0 radical (unpaired) electrons. The summed E-state index contributed by atoms with van der Waals surface area (Å²) in [5.41, 5.74) is 5.77. The van der Waals surface area contributed by atoms with Crippen LogP contribution in [0.15, 0.2) is 16.6 Å². The predicted molar refractivity (Wildman–Crippen MR) is 76.1 cm³/mol. The van der Waals surface area contributed by atoms with Gasteiger partial charge in [-0.1, -0.05) is 0 Å². The molecular formula is C11H16N4O3S2. The molecule has 2 aromatic heterocycles. The van der Waals surface area contributed by atoms with Gasteiger partial charge in [-0.3, -0.25) is 4.40 Å². The second kappa shape index (κ2) is 4.99. The Labute approximate surface area is 120 Å². The third kappa shape index (κ3) is 2.10. The second-order valence-corrected chi connectivity index (χ2v) is 7.61. The molecule has 1 aliphatic rings. The fourth-order valence-electron chi connectivity index (χ4n) is 2.59. The van der Waals surface area contributed by atoms with Crippen molar-refractivity contribution in [2.24, 2.45) is 5.92 Å². The Balaban J connectivity index is 1.96. The number of nitrogens with two attached hydrogens (primary N) is 1. The van der Waals surface area contributed by atoms with Crippen molar-refractivity contribution in [1.29, 1.82) is 0 Å². The van der Waals surface area contributed by atoms with E-state index in [-0.39, 0.29) is 23.4 Å². The molecule has 1 saturated heterocycles.